The van der Waals surface area contributed by atoms with Crippen molar-refractivity contribution in [1.29, 1.82) is 0 Å². The van der Waals surface area contributed by atoms with Crippen LogP contribution in [0.3, 0.4) is 0 Å². The van der Waals surface area contributed by atoms with E-state index in [2.05, 4.69) is 25.4 Å². The number of thiophene rings is 1. The number of benzene rings is 1. The topological polar surface area (TPSA) is 98.8 Å². The zero-order valence-electron chi connectivity index (χ0n) is 13.2. The van der Waals surface area contributed by atoms with Gasteiger partial charge in [-0.25, -0.2) is 18.0 Å². The molecule has 1 heterocycles. The van der Waals surface area contributed by atoms with E-state index in [1.807, 2.05) is 0 Å². The van der Waals surface area contributed by atoms with E-state index < -0.39 is 22.0 Å². The Balaban J connectivity index is 2.33. The first-order valence-electron chi connectivity index (χ1n) is 6.95. The molecule has 0 amide bonds. The molecular formula is C15H14BrNO6S2. The van der Waals surface area contributed by atoms with Crippen molar-refractivity contribution in [1.82, 2.24) is 0 Å². The molecule has 0 fully saturated rings. The average Bonchev–Trinajstić information content (AvgIpc) is 3.01. The number of nitrogens with one attached hydrogen (secondary N) is 1. The highest BCUT2D eigenvalue weighted by atomic mass is 79.9. The lowest BCUT2D eigenvalue weighted by atomic mass is 10.2. The SMILES string of the molecule is CCOC(=O)c1ccc(S(=O)(=O)Nc2ccsc2C(=O)OC)c(Br)c1. The minimum absolute atomic E-state index is 0.0810. The van der Waals surface area contributed by atoms with Crippen molar-refractivity contribution >= 4 is 54.9 Å². The summed E-state index contributed by atoms with van der Waals surface area (Å²) in [5, 5.41) is 1.57. The number of carbonyl (C=O) groups is 2. The van der Waals surface area contributed by atoms with Crippen LogP contribution in [0.2, 0.25) is 0 Å². The van der Waals surface area contributed by atoms with E-state index in [1.54, 1.807) is 12.3 Å². The number of methoxy groups -OCH3 is 1. The molecule has 1 aromatic carbocycles. The van der Waals surface area contributed by atoms with Crippen molar-refractivity contribution in [3.8, 4) is 0 Å². The van der Waals surface area contributed by atoms with Gasteiger partial charge in [-0.05, 0) is 52.5 Å². The second kappa shape index (κ2) is 7.98. The lowest BCUT2D eigenvalue weighted by molar-refractivity contribution is 0.0525. The summed E-state index contributed by atoms with van der Waals surface area (Å²) in [5.74, 6) is -1.18. The highest BCUT2D eigenvalue weighted by Crippen LogP contribution is 2.29. The lowest BCUT2D eigenvalue weighted by Crippen LogP contribution is -2.16. The van der Waals surface area contributed by atoms with Crippen LogP contribution < -0.4 is 4.72 Å². The Morgan fingerprint density at radius 3 is 2.56 bits per heavy atom. The summed E-state index contributed by atoms with van der Waals surface area (Å²) in [6, 6.07) is 5.46. The van der Waals surface area contributed by atoms with Crippen molar-refractivity contribution in [2.24, 2.45) is 0 Å². The van der Waals surface area contributed by atoms with E-state index in [1.165, 1.54) is 31.4 Å². The maximum absolute atomic E-state index is 12.6. The number of hydrogen-bond acceptors (Lipinski definition) is 7. The molecule has 0 aliphatic carbocycles. The molecule has 0 radical (unpaired) electrons. The van der Waals surface area contributed by atoms with E-state index in [0.717, 1.165) is 11.3 Å². The van der Waals surface area contributed by atoms with Crippen LogP contribution in [-0.2, 0) is 19.5 Å². The molecule has 0 unspecified atom stereocenters. The Bertz CT molecular complexity index is 906. The van der Waals surface area contributed by atoms with Crippen LogP contribution in [0.15, 0.2) is 39.0 Å². The van der Waals surface area contributed by atoms with E-state index in [4.69, 9.17) is 4.74 Å². The minimum Gasteiger partial charge on any atom is -0.465 e. The first-order valence-corrected chi connectivity index (χ1v) is 10.1. The number of esters is 2. The molecule has 0 bridgehead atoms. The summed E-state index contributed by atoms with van der Waals surface area (Å²) in [7, 11) is -2.77. The van der Waals surface area contributed by atoms with E-state index in [9.17, 15) is 18.0 Å². The molecular weight excluding hydrogens is 434 g/mol. The number of halogens is 1. The Kier molecular flexibility index (Phi) is 6.20. The van der Waals surface area contributed by atoms with Crippen LogP contribution in [-0.4, -0.2) is 34.1 Å². The smallest absolute Gasteiger partial charge is 0.350 e. The van der Waals surface area contributed by atoms with Crippen molar-refractivity contribution in [2.45, 2.75) is 11.8 Å². The molecule has 0 saturated carbocycles. The predicted molar refractivity (Wildman–Crippen MR) is 96.6 cm³/mol. The van der Waals surface area contributed by atoms with Crippen molar-refractivity contribution in [3.63, 3.8) is 0 Å². The number of anilines is 1. The second-order valence-corrected chi connectivity index (χ2v) is 8.05. The summed E-state index contributed by atoms with van der Waals surface area (Å²) in [6.07, 6.45) is 0. The fourth-order valence-electron chi connectivity index (χ4n) is 1.90. The first-order chi connectivity index (χ1) is 11.8. The molecule has 0 saturated heterocycles. The molecule has 134 valence electrons. The lowest BCUT2D eigenvalue weighted by Gasteiger charge is -2.11. The molecule has 0 aliphatic rings. The van der Waals surface area contributed by atoms with Gasteiger partial charge < -0.3 is 9.47 Å². The Labute approximate surface area is 157 Å². The van der Waals surface area contributed by atoms with Gasteiger partial charge in [0.25, 0.3) is 10.0 Å². The molecule has 10 heteroatoms. The van der Waals surface area contributed by atoms with Crippen LogP contribution in [0.25, 0.3) is 0 Å². The van der Waals surface area contributed by atoms with Gasteiger partial charge in [-0.15, -0.1) is 11.3 Å². The molecule has 2 rings (SSSR count). The van der Waals surface area contributed by atoms with Crippen LogP contribution >= 0.6 is 27.3 Å². The van der Waals surface area contributed by atoms with Gasteiger partial charge in [0.15, 0.2) is 0 Å². The van der Waals surface area contributed by atoms with Gasteiger partial charge in [-0.2, -0.15) is 0 Å². The van der Waals surface area contributed by atoms with Gasteiger partial charge in [0.1, 0.15) is 9.77 Å². The monoisotopic (exact) mass is 447 g/mol. The summed E-state index contributed by atoms with van der Waals surface area (Å²) in [4.78, 5) is 23.4. The number of ether oxygens (including phenoxy) is 2. The Morgan fingerprint density at radius 1 is 1.24 bits per heavy atom. The number of sulfonamides is 1. The fourth-order valence-corrected chi connectivity index (χ4v) is 4.88. The number of carbonyl (C=O) groups excluding carboxylic acids is 2. The van der Waals surface area contributed by atoms with Crippen molar-refractivity contribution in [3.05, 3.63) is 44.6 Å². The summed E-state index contributed by atoms with van der Waals surface area (Å²) >= 11 is 4.21. The molecule has 1 aromatic heterocycles. The summed E-state index contributed by atoms with van der Waals surface area (Å²) < 4.78 is 37.2. The van der Waals surface area contributed by atoms with E-state index in [-0.39, 0.29) is 32.1 Å². The summed E-state index contributed by atoms with van der Waals surface area (Å²) in [5.41, 5.74) is 0.344. The highest BCUT2D eigenvalue weighted by Gasteiger charge is 2.23. The quantitative estimate of drug-likeness (QED) is 0.682. The standard InChI is InChI=1S/C15H14BrNO6S2/c1-3-23-14(18)9-4-5-12(10(16)8-9)25(20,21)17-11-6-7-24-13(11)15(19)22-2/h4-8,17H,3H2,1-2H3. The van der Waals surface area contributed by atoms with E-state index >= 15 is 0 Å². The Hall–Kier alpha value is -1.91. The molecule has 1 N–H and O–H groups in total. The normalized spacial score (nSPS) is 11.0. The fraction of sp³-hybridized carbons (Fsp3) is 0.200. The highest BCUT2D eigenvalue weighted by molar-refractivity contribution is 9.10. The van der Waals surface area contributed by atoms with Crippen molar-refractivity contribution < 1.29 is 27.5 Å². The number of rotatable bonds is 6. The van der Waals surface area contributed by atoms with Crippen LogP contribution in [0.1, 0.15) is 27.0 Å². The van der Waals surface area contributed by atoms with Gasteiger partial charge in [0.05, 0.1) is 25.0 Å². The molecule has 2 aromatic rings. The second-order valence-electron chi connectivity index (χ2n) is 4.63. The zero-order chi connectivity index (χ0) is 18.6. The van der Waals surface area contributed by atoms with Gasteiger partial charge in [-0.1, -0.05) is 0 Å². The van der Waals surface area contributed by atoms with E-state index in [0.29, 0.717) is 0 Å². The van der Waals surface area contributed by atoms with Gasteiger partial charge >= 0.3 is 11.9 Å². The molecule has 0 spiro atoms. The molecule has 0 aliphatic heterocycles. The van der Waals surface area contributed by atoms with Gasteiger partial charge in [-0.3, -0.25) is 4.72 Å². The average molecular weight is 448 g/mol. The molecule has 7 nitrogen and oxygen atoms in total. The van der Waals surface area contributed by atoms with Crippen LogP contribution in [0, 0.1) is 0 Å². The maximum atomic E-state index is 12.6. The zero-order valence-corrected chi connectivity index (χ0v) is 16.5. The maximum Gasteiger partial charge on any atom is 0.350 e. The third kappa shape index (κ3) is 4.39. The Morgan fingerprint density at radius 2 is 1.96 bits per heavy atom. The van der Waals surface area contributed by atoms with Gasteiger partial charge in [0, 0.05) is 4.47 Å². The largest absolute Gasteiger partial charge is 0.465 e. The molecule has 0 atom stereocenters. The van der Waals surface area contributed by atoms with Crippen LogP contribution in [0.5, 0.6) is 0 Å². The molecule has 25 heavy (non-hydrogen) atoms. The third-order valence-corrected chi connectivity index (χ3v) is 6.25. The first kappa shape index (κ1) is 19.4. The van der Waals surface area contributed by atoms with Crippen molar-refractivity contribution in [2.75, 3.05) is 18.4 Å². The van der Waals surface area contributed by atoms with Gasteiger partial charge in [0.2, 0.25) is 0 Å². The minimum atomic E-state index is -3.98. The third-order valence-electron chi connectivity index (χ3n) is 3.01. The van der Waals surface area contributed by atoms with Crippen LogP contribution in [0.4, 0.5) is 5.69 Å². The predicted octanol–water partition coefficient (Wildman–Crippen LogP) is 3.27. The summed E-state index contributed by atoms with van der Waals surface area (Å²) in [6.45, 7) is 1.89. The number of hydrogen-bond donors (Lipinski definition) is 1.